The van der Waals surface area contributed by atoms with Crippen molar-refractivity contribution in [1.29, 1.82) is 0 Å². The number of carbonyl (C=O) groups is 1. The smallest absolute Gasteiger partial charge is 0.404 e. The summed E-state index contributed by atoms with van der Waals surface area (Å²) in [5, 5.41) is 13.4. The SMILES string of the molecule is NC(c1ccc2c(c1)CCC(=O)N2)c1ccc([N+](=O)[O-])o1. The van der Waals surface area contributed by atoms with Crippen molar-refractivity contribution in [2.45, 2.75) is 18.9 Å². The highest BCUT2D eigenvalue weighted by molar-refractivity contribution is 5.93. The lowest BCUT2D eigenvalue weighted by Crippen LogP contribution is -2.20. The van der Waals surface area contributed by atoms with Crippen LogP contribution in [-0.2, 0) is 11.2 Å². The minimum atomic E-state index is -0.599. The third-order valence-corrected chi connectivity index (χ3v) is 3.48. The topological polar surface area (TPSA) is 111 Å². The minimum absolute atomic E-state index is 0.00112. The lowest BCUT2D eigenvalue weighted by Gasteiger charge is -2.19. The summed E-state index contributed by atoms with van der Waals surface area (Å²) in [5.74, 6) is 0.00776. The quantitative estimate of drug-likeness (QED) is 0.663. The molecule has 3 rings (SSSR count). The number of amides is 1. The molecule has 0 saturated carbocycles. The van der Waals surface area contributed by atoms with Crippen molar-refractivity contribution < 1.29 is 14.1 Å². The Labute approximate surface area is 119 Å². The van der Waals surface area contributed by atoms with E-state index in [0.717, 1.165) is 16.8 Å². The number of benzene rings is 1. The number of hydrogen-bond donors (Lipinski definition) is 2. The Morgan fingerprint density at radius 3 is 2.81 bits per heavy atom. The summed E-state index contributed by atoms with van der Waals surface area (Å²) in [6, 6.07) is 7.68. The highest BCUT2D eigenvalue weighted by atomic mass is 16.6. The van der Waals surface area contributed by atoms with Crippen LogP contribution in [0.4, 0.5) is 11.6 Å². The van der Waals surface area contributed by atoms with Gasteiger partial charge in [0.05, 0.1) is 12.1 Å². The average Bonchev–Trinajstić information content (AvgIpc) is 2.96. The highest BCUT2D eigenvalue weighted by Crippen LogP contribution is 2.29. The van der Waals surface area contributed by atoms with Crippen LogP contribution in [0.15, 0.2) is 34.7 Å². The number of furan rings is 1. The zero-order valence-electron chi connectivity index (χ0n) is 11.0. The Bertz CT molecular complexity index is 723. The van der Waals surface area contributed by atoms with E-state index in [9.17, 15) is 14.9 Å². The molecule has 3 N–H and O–H groups in total. The summed E-state index contributed by atoms with van der Waals surface area (Å²) < 4.78 is 5.13. The molecule has 1 amide bonds. The lowest BCUT2D eigenvalue weighted by atomic mass is 9.97. The van der Waals surface area contributed by atoms with E-state index >= 15 is 0 Å². The van der Waals surface area contributed by atoms with Crippen LogP contribution in [0, 0.1) is 10.1 Å². The third kappa shape index (κ3) is 2.50. The monoisotopic (exact) mass is 287 g/mol. The maximum absolute atomic E-state index is 11.3. The van der Waals surface area contributed by atoms with Crippen LogP contribution in [0.25, 0.3) is 0 Å². The first-order valence-electron chi connectivity index (χ1n) is 6.47. The molecule has 0 radical (unpaired) electrons. The summed E-state index contributed by atoms with van der Waals surface area (Å²) in [6.07, 6.45) is 1.10. The van der Waals surface area contributed by atoms with E-state index < -0.39 is 11.0 Å². The number of hydrogen-bond acceptors (Lipinski definition) is 5. The predicted molar refractivity (Wildman–Crippen MR) is 74.8 cm³/mol. The molecule has 2 heterocycles. The van der Waals surface area contributed by atoms with Crippen molar-refractivity contribution in [2.24, 2.45) is 5.73 Å². The number of rotatable bonds is 3. The van der Waals surface area contributed by atoms with Gasteiger partial charge in [-0.1, -0.05) is 12.1 Å². The van der Waals surface area contributed by atoms with Crippen LogP contribution in [-0.4, -0.2) is 10.8 Å². The Morgan fingerprint density at radius 2 is 2.10 bits per heavy atom. The standard InChI is InChI=1S/C14H13N3O4/c15-14(11-4-6-13(21-11)17(19)20)9-1-3-10-8(7-9)2-5-12(18)16-10/h1,3-4,6-7,14H,2,5,15H2,(H,16,18). The molecule has 0 fully saturated rings. The summed E-state index contributed by atoms with van der Waals surface area (Å²) in [5.41, 5.74) is 8.66. The van der Waals surface area contributed by atoms with Crippen LogP contribution in [0.1, 0.15) is 29.3 Å². The average molecular weight is 287 g/mol. The predicted octanol–water partition coefficient (Wildman–Crippen LogP) is 2.12. The molecular formula is C14H13N3O4. The van der Waals surface area contributed by atoms with Crippen LogP contribution in [0.5, 0.6) is 0 Å². The number of nitrogens with two attached hydrogens (primary N) is 1. The molecule has 0 spiro atoms. The molecule has 1 unspecified atom stereocenters. The molecule has 1 atom stereocenters. The second-order valence-corrected chi connectivity index (χ2v) is 4.88. The first kappa shape index (κ1) is 13.3. The Balaban J connectivity index is 1.89. The zero-order valence-corrected chi connectivity index (χ0v) is 11.0. The number of anilines is 1. The normalized spacial score (nSPS) is 15.2. The fourth-order valence-corrected chi connectivity index (χ4v) is 2.37. The van der Waals surface area contributed by atoms with Crippen molar-refractivity contribution in [3.05, 3.63) is 57.3 Å². The van der Waals surface area contributed by atoms with Gasteiger partial charge < -0.3 is 15.5 Å². The molecule has 108 valence electrons. The Hall–Kier alpha value is -2.67. The number of fused-ring (bicyclic) bond motifs is 1. The fourth-order valence-electron chi connectivity index (χ4n) is 2.37. The van der Waals surface area contributed by atoms with E-state index in [0.29, 0.717) is 18.6 Å². The summed E-state index contributed by atoms with van der Waals surface area (Å²) in [7, 11) is 0. The van der Waals surface area contributed by atoms with Crippen LogP contribution < -0.4 is 11.1 Å². The maximum atomic E-state index is 11.3. The largest absolute Gasteiger partial charge is 0.433 e. The molecule has 2 aromatic rings. The molecule has 0 bridgehead atoms. The molecule has 0 aliphatic carbocycles. The minimum Gasteiger partial charge on any atom is -0.404 e. The molecule has 0 saturated heterocycles. The van der Waals surface area contributed by atoms with Crippen molar-refractivity contribution in [1.82, 2.24) is 0 Å². The van der Waals surface area contributed by atoms with Crippen molar-refractivity contribution in [3.63, 3.8) is 0 Å². The van der Waals surface area contributed by atoms with E-state index in [4.69, 9.17) is 10.2 Å². The molecule has 1 aromatic heterocycles. The molecule has 7 heteroatoms. The van der Waals surface area contributed by atoms with Gasteiger partial charge in [0.1, 0.15) is 10.7 Å². The molecule has 1 aromatic carbocycles. The van der Waals surface area contributed by atoms with E-state index in [1.807, 2.05) is 6.07 Å². The number of aryl methyl sites for hydroxylation is 1. The summed E-state index contributed by atoms with van der Waals surface area (Å²) in [4.78, 5) is 21.3. The van der Waals surface area contributed by atoms with Gasteiger partial charge in [0.15, 0.2) is 0 Å². The van der Waals surface area contributed by atoms with Gasteiger partial charge in [-0.15, -0.1) is 0 Å². The second-order valence-electron chi connectivity index (χ2n) is 4.88. The van der Waals surface area contributed by atoms with Crippen LogP contribution >= 0.6 is 0 Å². The van der Waals surface area contributed by atoms with E-state index in [2.05, 4.69) is 5.32 Å². The van der Waals surface area contributed by atoms with E-state index in [1.54, 1.807) is 12.1 Å². The van der Waals surface area contributed by atoms with Gasteiger partial charge >= 0.3 is 5.88 Å². The van der Waals surface area contributed by atoms with Gasteiger partial charge in [-0.2, -0.15) is 0 Å². The second kappa shape index (κ2) is 5.02. The number of nitro groups is 1. The zero-order chi connectivity index (χ0) is 15.0. The summed E-state index contributed by atoms with van der Waals surface area (Å²) in [6.45, 7) is 0. The van der Waals surface area contributed by atoms with Gasteiger partial charge in [-0.05, 0) is 29.7 Å². The van der Waals surface area contributed by atoms with Gasteiger partial charge in [0.25, 0.3) is 0 Å². The first-order chi connectivity index (χ1) is 10.0. The maximum Gasteiger partial charge on any atom is 0.433 e. The first-order valence-corrected chi connectivity index (χ1v) is 6.47. The van der Waals surface area contributed by atoms with Gasteiger partial charge in [0.2, 0.25) is 5.91 Å². The number of nitrogens with one attached hydrogen (secondary N) is 1. The number of carbonyl (C=O) groups excluding carboxylic acids is 1. The Morgan fingerprint density at radius 1 is 1.29 bits per heavy atom. The summed E-state index contributed by atoms with van der Waals surface area (Å²) >= 11 is 0. The van der Waals surface area contributed by atoms with Crippen molar-refractivity contribution in [3.8, 4) is 0 Å². The molecule has 7 nitrogen and oxygen atoms in total. The highest BCUT2D eigenvalue weighted by Gasteiger charge is 2.21. The van der Waals surface area contributed by atoms with Gasteiger partial charge in [-0.25, -0.2) is 0 Å². The lowest BCUT2D eigenvalue weighted by molar-refractivity contribution is -0.402. The van der Waals surface area contributed by atoms with Gasteiger partial charge in [0, 0.05) is 12.1 Å². The van der Waals surface area contributed by atoms with E-state index in [1.165, 1.54) is 12.1 Å². The molecule has 21 heavy (non-hydrogen) atoms. The molecule has 1 aliphatic rings. The van der Waals surface area contributed by atoms with E-state index in [-0.39, 0.29) is 11.8 Å². The van der Waals surface area contributed by atoms with Gasteiger partial charge in [-0.3, -0.25) is 14.9 Å². The van der Waals surface area contributed by atoms with Crippen LogP contribution in [0.2, 0.25) is 0 Å². The van der Waals surface area contributed by atoms with Crippen molar-refractivity contribution >= 4 is 17.5 Å². The fraction of sp³-hybridized carbons (Fsp3) is 0.214. The number of nitrogens with zero attached hydrogens (tertiary/aromatic N) is 1. The third-order valence-electron chi connectivity index (χ3n) is 3.48. The van der Waals surface area contributed by atoms with Crippen LogP contribution in [0.3, 0.4) is 0 Å². The Kier molecular flexibility index (Phi) is 3.19. The van der Waals surface area contributed by atoms with Crippen molar-refractivity contribution in [2.75, 3.05) is 5.32 Å². The molecule has 1 aliphatic heterocycles. The molecular weight excluding hydrogens is 274 g/mol.